The van der Waals surface area contributed by atoms with Crippen molar-refractivity contribution in [3.63, 3.8) is 0 Å². The lowest BCUT2D eigenvalue weighted by molar-refractivity contribution is 0.373. The molecule has 0 bridgehead atoms. The Bertz CT molecular complexity index is 559. The Hall–Kier alpha value is -1.60. The van der Waals surface area contributed by atoms with Gasteiger partial charge in [0.15, 0.2) is 0 Å². The SMILES string of the molecule is c1ccc(-c2cccc3c2[C@H]2O[C@H]2CC3)cc1. The van der Waals surface area contributed by atoms with Crippen molar-refractivity contribution in [2.75, 3.05) is 0 Å². The van der Waals surface area contributed by atoms with E-state index in [1.54, 1.807) is 0 Å². The van der Waals surface area contributed by atoms with Crippen molar-refractivity contribution in [1.29, 1.82) is 0 Å². The van der Waals surface area contributed by atoms with Crippen LogP contribution in [0.25, 0.3) is 11.1 Å². The van der Waals surface area contributed by atoms with Gasteiger partial charge in [-0.05, 0) is 35.1 Å². The van der Waals surface area contributed by atoms with Gasteiger partial charge >= 0.3 is 0 Å². The van der Waals surface area contributed by atoms with Crippen LogP contribution >= 0.6 is 0 Å². The van der Waals surface area contributed by atoms with Crippen LogP contribution in [0.15, 0.2) is 48.5 Å². The maximum Gasteiger partial charge on any atom is 0.110 e. The first-order valence-corrected chi connectivity index (χ1v) is 6.26. The minimum absolute atomic E-state index is 0.371. The Morgan fingerprint density at radius 1 is 0.941 bits per heavy atom. The second kappa shape index (κ2) is 3.44. The summed E-state index contributed by atoms with van der Waals surface area (Å²) in [6, 6.07) is 17.3. The summed E-state index contributed by atoms with van der Waals surface area (Å²) in [5, 5.41) is 0. The molecule has 17 heavy (non-hydrogen) atoms. The second-order valence-corrected chi connectivity index (χ2v) is 4.88. The number of hydrogen-bond donors (Lipinski definition) is 0. The molecule has 0 saturated carbocycles. The molecule has 0 aromatic heterocycles. The molecule has 0 radical (unpaired) electrons. The topological polar surface area (TPSA) is 12.5 Å². The molecule has 0 unspecified atom stereocenters. The van der Waals surface area contributed by atoms with E-state index in [0.29, 0.717) is 12.2 Å². The minimum atomic E-state index is 0.371. The van der Waals surface area contributed by atoms with Gasteiger partial charge in [0, 0.05) is 0 Å². The van der Waals surface area contributed by atoms with Crippen molar-refractivity contribution in [2.45, 2.75) is 25.0 Å². The molecule has 1 aliphatic carbocycles. The summed E-state index contributed by atoms with van der Waals surface area (Å²) in [5.74, 6) is 0. The molecule has 0 spiro atoms. The van der Waals surface area contributed by atoms with E-state index in [-0.39, 0.29) is 0 Å². The molecule has 2 aliphatic rings. The molecule has 2 aromatic rings. The highest BCUT2D eigenvalue weighted by Crippen LogP contribution is 2.50. The van der Waals surface area contributed by atoms with Crippen LogP contribution in [-0.2, 0) is 11.2 Å². The van der Waals surface area contributed by atoms with Gasteiger partial charge in [-0.25, -0.2) is 0 Å². The van der Waals surface area contributed by atoms with E-state index in [4.69, 9.17) is 4.74 Å². The Morgan fingerprint density at radius 3 is 2.71 bits per heavy atom. The average Bonchev–Trinajstić information content (AvgIpc) is 3.18. The van der Waals surface area contributed by atoms with Gasteiger partial charge in [0.25, 0.3) is 0 Å². The third kappa shape index (κ3) is 1.43. The first-order valence-electron chi connectivity index (χ1n) is 6.26. The van der Waals surface area contributed by atoms with Gasteiger partial charge in [0.1, 0.15) is 6.10 Å². The van der Waals surface area contributed by atoms with E-state index in [9.17, 15) is 0 Å². The van der Waals surface area contributed by atoms with Crippen LogP contribution in [0.2, 0.25) is 0 Å². The quantitative estimate of drug-likeness (QED) is 0.670. The van der Waals surface area contributed by atoms with E-state index in [0.717, 1.165) is 6.42 Å². The van der Waals surface area contributed by atoms with Crippen molar-refractivity contribution in [3.8, 4) is 11.1 Å². The molecule has 0 N–H and O–H groups in total. The number of hydrogen-bond acceptors (Lipinski definition) is 1. The molecule has 0 amide bonds. The number of rotatable bonds is 1. The molecule has 1 aliphatic heterocycles. The molecule has 1 fully saturated rings. The molecule has 1 nitrogen and oxygen atoms in total. The second-order valence-electron chi connectivity index (χ2n) is 4.88. The summed E-state index contributed by atoms with van der Waals surface area (Å²) in [6.45, 7) is 0. The van der Waals surface area contributed by atoms with Crippen molar-refractivity contribution < 1.29 is 4.74 Å². The highest BCUT2D eigenvalue weighted by molar-refractivity contribution is 5.70. The zero-order valence-corrected chi connectivity index (χ0v) is 9.60. The standard InChI is InChI=1S/C16H14O/c1-2-5-11(6-3-1)13-8-4-7-12-9-10-14-16(17-14)15(12)13/h1-8,14,16H,9-10H2/t14-,16-/m0/s1. The van der Waals surface area contributed by atoms with E-state index in [1.165, 1.54) is 28.7 Å². The first kappa shape index (κ1) is 9.43. The Kier molecular flexibility index (Phi) is 1.91. The fraction of sp³-hybridized carbons (Fsp3) is 0.250. The number of fused-ring (bicyclic) bond motifs is 3. The van der Waals surface area contributed by atoms with Gasteiger partial charge in [-0.3, -0.25) is 0 Å². The number of benzene rings is 2. The number of ether oxygens (including phenoxy) is 1. The zero-order valence-electron chi connectivity index (χ0n) is 9.60. The van der Waals surface area contributed by atoms with E-state index < -0.39 is 0 Å². The molecule has 2 aromatic carbocycles. The van der Waals surface area contributed by atoms with Crippen molar-refractivity contribution >= 4 is 0 Å². The molecular weight excluding hydrogens is 208 g/mol. The van der Waals surface area contributed by atoms with Gasteiger partial charge in [0.2, 0.25) is 0 Å². The van der Waals surface area contributed by atoms with Crippen molar-refractivity contribution in [1.82, 2.24) is 0 Å². The van der Waals surface area contributed by atoms with Crippen LogP contribution in [0.1, 0.15) is 23.7 Å². The molecule has 4 rings (SSSR count). The first-order chi connectivity index (χ1) is 8.43. The Labute approximate surface area is 101 Å². The van der Waals surface area contributed by atoms with Gasteiger partial charge in [-0.2, -0.15) is 0 Å². The number of epoxide rings is 1. The van der Waals surface area contributed by atoms with E-state index in [2.05, 4.69) is 48.5 Å². The molecular formula is C16H14O. The van der Waals surface area contributed by atoms with Crippen LogP contribution in [0.3, 0.4) is 0 Å². The lowest BCUT2D eigenvalue weighted by atomic mass is 9.86. The predicted octanol–water partition coefficient (Wildman–Crippen LogP) is 3.74. The normalized spacial score (nSPS) is 24.9. The van der Waals surface area contributed by atoms with Crippen LogP contribution in [0.4, 0.5) is 0 Å². The Balaban J connectivity index is 1.92. The third-order valence-electron chi connectivity index (χ3n) is 3.85. The zero-order chi connectivity index (χ0) is 11.2. The summed E-state index contributed by atoms with van der Waals surface area (Å²) in [5.41, 5.74) is 5.58. The van der Waals surface area contributed by atoms with Crippen LogP contribution in [0.5, 0.6) is 0 Å². The molecule has 84 valence electrons. The Morgan fingerprint density at radius 2 is 1.82 bits per heavy atom. The highest BCUT2D eigenvalue weighted by Gasteiger charge is 2.45. The maximum atomic E-state index is 5.77. The summed E-state index contributed by atoms with van der Waals surface area (Å²) >= 11 is 0. The summed E-state index contributed by atoms with van der Waals surface area (Å²) in [6.07, 6.45) is 3.22. The smallest absolute Gasteiger partial charge is 0.110 e. The van der Waals surface area contributed by atoms with Crippen LogP contribution in [-0.4, -0.2) is 6.10 Å². The fourth-order valence-electron chi connectivity index (χ4n) is 2.95. The lowest BCUT2D eigenvalue weighted by Gasteiger charge is -2.16. The summed E-state index contributed by atoms with van der Waals surface area (Å²) < 4.78 is 5.77. The number of aryl methyl sites for hydroxylation is 1. The maximum absolute atomic E-state index is 5.77. The predicted molar refractivity (Wildman–Crippen MR) is 67.8 cm³/mol. The van der Waals surface area contributed by atoms with Gasteiger partial charge in [0.05, 0.1) is 6.10 Å². The van der Waals surface area contributed by atoms with E-state index >= 15 is 0 Å². The van der Waals surface area contributed by atoms with Gasteiger partial charge < -0.3 is 4.74 Å². The van der Waals surface area contributed by atoms with Gasteiger partial charge in [-0.15, -0.1) is 0 Å². The van der Waals surface area contributed by atoms with Gasteiger partial charge in [-0.1, -0.05) is 48.5 Å². The molecule has 1 saturated heterocycles. The lowest BCUT2D eigenvalue weighted by Crippen LogP contribution is -2.05. The highest BCUT2D eigenvalue weighted by atomic mass is 16.6. The monoisotopic (exact) mass is 222 g/mol. The van der Waals surface area contributed by atoms with E-state index in [1.807, 2.05) is 0 Å². The fourth-order valence-corrected chi connectivity index (χ4v) is 2.95. The summed E-state index contributed by atoms with van der Waals surface area (Å²) in [7, 11) is 0. The summed E-state index contributed by atoms with van der Waals surface area (Å²) in [4.78, 5) is 0. The molecule has 2 atom stereocenters. The van der Waals surface area contributed by atoms with Crippen LogP contribution in [0, 0.1) is 0 Å². The molecule has 1 heterocycles. The molecule has 1 heteroatoms. The third-order valence-corrected chi connectivity index (χ3v) is 3.85. The van der Waals surface area contributed by atoms with Crippen molar-refractivity contribution in [2.24, 2.45) is 0 Å². The minimum Gasteiger partial charge on any atom is -0.364 e. The average molecular weight is 222 g/mol. The van der Waals surface area contributed by atoms with Crippen molar-refractivity contribution in [3.05, 3.63) is 59.7 Å². The largest absolute Gasteiger partial charge is 0.364 e. The van der Waals surface area contributed by atoms with Crippen LogP contribution < -0.4 is 0 Å².